The normalized spacial score (nSPS) is 24.2. The Morgan fingerprint density at radius 3 is 2.94 bits per heavy atom. The van der Waals surface area contributed by atoms with Gasteiger partial charge in [-0.25, -0.2) is 0 Å². The molecule has 88 valence electrons. The van der Waals surface area contributed by atoms with E-state index < -0.39 is 6.10 Å². The third-order valence-corrected chi connectivity index (χ3v) is 3.28. The van der Waals surface area contributed by atoms with Gasteiger partial charge in [-0.05, 0) is 12.3 Å². The molecule has 0 amide bonds. The van der Waals surface area contributed by atoms with Crippen molar-refractivity contribution in [2.75, 3.05) is 0 Å². The molecule has 0 fully saturated rings. The second-order valence-corrected chi connectivity index (χ2v) is 4.22. The average molecular weight is 224 g/mol. The van der Waals surface area contributed by atoms with Crippen LogP contribution >= 0.6 is 0 Å². The topological polar surface area (TPSA) is 70.7 Å². The van der Waals surface area contributed by atoms with Crippen LogP contribution in [-0.4, -0.2) is 10.2 Å². The molecule has 4 heteroatoms. The Kier molecular flexibility index (Phi) is 3.12. The van der Waals surface area contributed by atoms with Crippen molar-refractivity contribution in [2.24, 2.45) is 5.92 Å². The second-order valence-electron chi connectivity index (χ2n) is 4.22. The molecule has 4 nitrogen and oxygen atoms in total. The number of aliphatic hydroxyl groups excluding tert-OH is 2. The average Bonchev–Trinajstić information content (AvgIpc) is 2.28. The number of aryl methyl sites for hydroxylation is 1. The SMILES string of the molecule is CC[C@H]1CCc2oc(CO)cc(=O)c2[C@@H]1O. The van der Waals surface area contributed by atoms with Gasteiger partial charge in [0.2, 0.25) is 0 Å². The number of hydrogen-bond acceptors (Lipinski definition) is 4. The van der Waals surface area contributed by atoms with Crippen molar-refractivity contribution in [1.82, 2.24) is 0 Å². The Labute approximate surface area is 93.5 Å². The number of hydrogen-bond donors (Lipinski definition) is 2. The highest BCUT2D eigenvalue weighted by molar-refractivity contribution is 5.25. The van der Waals surface area contributed by atoms with Crippen LogP contribution in [0.1, 0.15) is 43.0 Å². The molecule has 1 aliphatic rings. The predicted octanol–water partition coefficient (Wildman–Crippen LogP) is 1.14. The fraction of sp³-hybridized carbons (Fsp3) is 0.583. The lowest BCUT2D eigenvalue weighted by Crippen LogP contribution is -2.27. The summed E-state index contributed by atoms with van der Waals surface area (Å²) in [6.45, 7) is 1.72. The van der Waals surface area contributed by atoms with E-state index in [1.165, 1.54) is 6.07 Å². The van der Waals surface area contributed by atoms with Crippen molar-refractivity contribution < 1.29 is 14.6 Å². The van der Waals surface area contributed by atoms with Crippen LogP contribution in [0.15, 0.2) is 15.3 Å². The molecule has 1 aromatic rings. The molecule has 1 aliphatic carbocycles. The van der Waals surface area contributed by atoms with Crippen LogP contribution in [-0.2, 0) is 13.0 Å². The highest BCUT2D eigenvalue weighted by Crippen LogP contribution is 2.34. The molecular formula is C12H16O4. The first kappa shape index (κ1) is 11.4. The van der Waals surface area contributed by atoms with Crippen LogP contribution < -0.4 is 5.43 Å². The molecule has 0 aliphatic heterocycles. The molecule has 0 bridgehead atoms. The van der Waals surface area contributed by atoms with Gasteiger partial charge in [-0.2, -0.15) is 0 Å². The fourth-order valence-corrected chi connectivity index (χ4v) is 2.32. The molecule has 2 N–H and O–H groups in total. The minimum Gasteiger partial charge on any atom is -0.463 e. The van der Waals surface area contributed by atoms with E-state index in [4.69, 9.17) is 9.52 Å². The standard InChI is InChI=1S/C12H16O4/c1-2-7-3-4-10-11(12(7)15)9(14)5-8(6-13)16-10/h5,7,12-13,15H,2-4,6H2,1H3/t7-,12+/m0/s1. The van der Waals surface area contributed by atoms with Gasteiger partial charge in [0, 0.05) is 12.5 Å². The number of aliphatic hydroxyl groups is 2. The maximum absolute atomic E-state index is 11.8. The van der Waals surface area contributed by atoms with E-state index in [2.05, 4.69) is 0 Å². The van der Waals surface area contributed by atoms with Gasteiger partial charge >= 0.3 is 0 Å². The Morgan fingerprint density at radius 2 is 2.31 bits per heavy atom. The summed E-state index contributed by atoms with van der Waals surface area (Å²) < 4.78 is 5.38. The summed E-state index contributed by atoms with van der Waals surface area (Å²) in [7, 11) is 0. The highest BCUT2D eigenvalue weighted by Gasteiger charge is 2.30. The van der Waals surface area contributed by atoms with Crippen molar-refractivity contribution >= 4 is 0 Å². The predicted molar refractivity (Wildman–Crippen MR) is 58.0 cm³/mol. The molecular weight excluding hydrogens is 208 g/mol. The van der Waals surface area contributed by atoms with Gasteiger partial charge in [0.15, 0.2) is 5.43 Å². The molecule has 2 atom stereocenters. The molecule has 0 saturated heterocycles. The lowest BCUT2D eigenvalue weighted by atomic mass is 9.83. The van der Waals surface area contributed by atoms with E-state index >= 15 is 0 Å². The lowest BCUT2D eigenvalue weighted by molar-refractivity contribution is 0.0823. The molecule has 16 heavy (non-hydrogen) atoms. The first-order valence-electron chi connectivity index (χ1n) is 5.62. The molecule has 0 aromatic carbocycles. The Morgan fingerprint density at radius 1 is 1.56 bits per heavy atom. The van der Waals surface area contributed by atoms with Gasteiger partial charge in [0.05, 0.1) is 11.7 Å². The van der Waals surface area contributed by atoms with Crippen molar-refractivity contribution in [3.8, 4) is 0 Å². The zero-order chi connectivity index (χ0) is 11.7. The largest absolute Gasteiger partial charge is 0.463 e. The maximum Gasteiger partial charge on any atom is 0.191 e. The number of fused-ring (bicyclic) bond motifs is 1. The van der Waals surface area contributed by atoms with Crippen LogP contribution in [0, 0.1) is 5.92 Å². The molecule has 0 unspecified atom stereocenters. The van der Waals surface area contributed by atoms with Gasteiger partial charge in [-0.1, -0.05) is 13.3 Å². The summed E-state index contributed by atoms with van der Waals surface area (Å²) >= 11 is 0. The van der Waals surface area contributed by atoms with Gasteiger partial charge in [-0.3, -0.25) is 4.79 Å². The van der Waals surface area contributed by atoms with Crippen molar-refractivity contribution in [3.63, 3.8) is 0 Å². The summed E-state index contributed by atoms with van der Waals surface area (Å²) in [5, 5.41) is 19.0. The smallest absolute Gasteiger partial charge is 0.191 e. The lowest BCUT2D eigenvalue weighted by Gasteiger charge is -2.27. The summed E-state index contributed by atoms with van der Waals surface area (Å²) in [5.41, 5.74) is 0.159. The van der Waals surface area contributed by atoms with Crippen molar-refractivity contribution in [2.45, 2.75) is 38.9 Å². The van der Waals surface area contributed by atoms with Crippen LogP contribution in [0.3, 0.4) is 0 Å². The van der Waals surface area contributed by atoms with Crippen molar-refractivity contribution in [1.29, 1.82) is 0 Å². The van der Waals surface area contributed by atoms with Gasteiger partial charge in [0.25, 0.3) is 0 Å². The zero-order valence-corrected chi connectivity index (χ0v) is 9.27. The molecule has 0 spiro atoms. The Hall–Kier alpha value is -1.13. The van der Waals surface area contributed by atoms with E-state index in [9.17, 15) is 9.90 Å². The van der Waals surface area contributed by atoms with Crippen molar-refractivity contribution in [3.05, 3.63) is 33.4 Å². The van der Waals surface area contributed by atoms with E-state index in [0.29, 0.717) is 17.7 Å². The minimum absolute atomic E-state index is 0.135. The zero-order valence-electron chi connectivity index (χ0n) is 9.27. The monoisotopic (exact) mass is 224 g/mol. The molecule has 1 aromatic heterocycles. The summed E-state index contributed by atoms with van der Waals surface area (Å²) in [4.78, 5) is 11.8. The quantitative estimate of drug-likeness (QED) is 0.790. The van der Waals surface area contributed by atoms with E-state index in [1.54, 1.807) is 0 Å². The highest BCUT2D eigenvalue weighted by atomic mass is 16.4. The Balaban J connectivity index is 2.48. The summed E-state index contributed by atoms with van der Waals surface area (Å²) in [5.74, 6) is 0.940. The summed E-state index contributed by atoms with van der Waals surface area (Å²) in [6, 6.07) is 1.26. The second kappa shape index (κ2) is 4.39. The fourth-order valence-electron chi connectivity index (χ4n) is 2.32. The first-order valence-corrected chi connectivity index (χ1v) is 5.62. The van der Waals surface area contributed by atoms with Gasteiger partial charge in [-0.15, -0.1) is 0 Å². The molecule has 1 heterocycles. The van der Waals surface area contributed by atoms with E-state index in [-0.39, 0.29) is 23.7 Å². The molecule has 0 radical (unpaired) electrons. The molecule has 0 saturated carbocycles. The third-order valence-electron chi connectivity index (χ3n) is 3.28. The van der Waals surface area contributed by atoms with Crippen LogP contribution in [0.5, 0.6) is 0 Å². The van der Waals surface area contributed by atoms with Gasteiger partial charge in [0.1, 0.15) is 18.1 Å². The van der Waals surface area contributed by atoms with Crippen LogP contribution in [0.2, 0.25) is 0 Å². The van der Waals surface area contributed by atoms with Crippen LogP contribution in [0.4, 0.5) is 0 Å². The van der Waals surface area contributed by atoms with Gasteiger partial charge < -0.3 is 14.6 Å². The van der Waals surface area contributed by atoms with E-state index in [1.807, 2.05) is 6.92 Å². The summed E-state index contributed by atoms with van der Waals surface area (Å²) in [6.07, 6.45) is 1.61. The third kappa shape index (κ3) is 1.79. The number of rotatable bonds is 2. The van der Waals surface area contributed by atoms with Crippen LogP contribution in [0.25, 0.3) is 0 Å². The Bertz CT molecular complexity index is 435. The maximum atomic E-state index is 11.8. The first-order chi connectivity index (χ1) is 7.67. The molecule has 2 rings (SSSR count). The minimum atomic E-state index is -0.724. The van der Waals surface area contributed by atoms with E-state index in [0.717, 1.165) is 12.8 Å².